The van der Waals surface area contributed by atoms with Gasteiger partial charge < -0.3 is 4.98 Å². The first kappa shape index (κ1) is 11.2. The highest BCUT2D eigenvalue weighted by Crippen LogP contribution is 2.17. The van der Waals surface area contributed by atoms with E-state index < -0.39 is 8.24 Å². The minimum atomic E-state index is -1.11. The molecule has 0 heterocycles. The minimum absolute atomic E-state index is 0.694. The molecule has 0 aliphatic rings. The summed E-state index contributed by atoms with van der Waals surface area (Å²) in [5, 5.41) is 0. The fraction of sp³-hybridized carbons (Fsp3) is 1.00. The molecular formula is C9H23NSi. The lowest BCUT2D eigenvalue weighted by atomic mass is 10.3. The third-order valence-electron chi connectivity index (χ3n) is 2.67. The van der Waals surface area contributed by atoms with Crippen LogP contribution in [0.25, 0.3) is 0 Å². The molecule has 0 rings (SSSR count). The Morgan fingerprint density at radius 1 is 1.18 bits per heavy atom. The molecule has 0 fully saturated rings. The van der Waals surface area contributed by atoms with Crippen LogP contribution in [-0.2, 0) is 0 Å². The van der Waals surface area contributed by atoms with Crippen molar-refractivity contribution < 1.29 is 0 Å². The van der Waals surface area contributed by atoms with Crippen LogP contribution in [0.3, 0.4) is 0 Å². The first-order chi connectivity index (χ1) is 4.90. The van der Waals surface area contributed by atoms with Crippen molar-refractivity contribution in [2.45, 2.75) is 58.8 Å². The highest BCUT2D eigenvalue weighted by molar-refractivity contribution is 6.76. The quantitative estimate of drug-likeness (QED) is 0.645. The highest BCUT2D eigenvalue weighted by Gasteiger charge is 2.25. The molecule has 68 valence electrons. The molecule has 0 saturated heterocycles. The van der Waals surface area contributed by atoms with Gasteiger partial charge in [0.15, 0.2) is 0 Å². The van der Waals surface area contributed by atoms with Gasteiger partial charge in [-0.15, -0.1) is 0 Å². The van der Waals surface area contributed by atoms with Crippen LogP contribution >= 0.6 is 0 Å². The second-order valence-electron chi connectivity index (χ2n) is 4.33. The summed E-state index contributed by atoms with van der Waals surface area (Å²) in [5.74, 6) is 0. The zero-order valence-electron chi connectivity index (χ0n) is 8.86. The van der Waals surface area contributed by atoms with Crippen molar-refractivity contribution in [2.75, 3.05) is 0 Å². The van der Waals surface area contributed by atoms with Crippen molar-refractivity contribution in [1.29, 1.82) is 0 Å². The average Bonchev–Trinajstić information content (AvgIpc) is 1.86. The maximum Gasteiger partial charge on any atom is 0.122 e. The van der Waals surface area contributed by atoms with Crippen LogP contribution in [0.15, 0.2) is 0 Å². The van der Waals surface area contributed by atoms with Gasteiger partial charge in [0.2, 0.25) is 0 Å². The van der Waals surface area contributed by atoms with Gasteiger partial charge in [-0.1, -0.05) is 40.8 Å². The average molecular weight is 173 g/mol. The van der Waals surface area contributed by atoms with Gasteiger partial charge in [0, 0.05) is 0 Å². The second-order valence-corrected chi connectivity index (χ2v) is 9.22. The predicted molar refractivity (Wildman–Crippen MR) is 55.5 cm³/mol. The molecule has 0 aromatic heterocycles. The van der Waals surface area contributed by atoms with Gasteiger partial charge in [-0.3, -0.25) is 0 Å². The van der Waals surface area contributed by atoms with Crippen molar-refractivity contribution in [2.24, 2.45) is 0 Å². The lowest BCUT2D eigenvalue weighted by Gasteiger charge is -2.31. The fourth-order valence-electron chi connectivity index (χ4n) is 0.904. The molecule has 0 bridgehead atoms. The number of nitrogens with one attached hydrogen (secondary N) is 1. The van der Waals surface area contributed by atoms with Gasteiger partial charge >= 0.3 is 0 Å². The third kappa shape index (κ3) is 3.92. The Bertz CT molecular complexity index is 110. The maximum absolute atomic E-state index is 3.74. The molecular weight excluding hydrogens is 150 g/mol. The summed E-state index contributed by atoms with van der Waals surface area (Å²) in [4.78, 5) is 3.74. The molecule has 0 saturated carbocycles. The van der Waals surface area contributed by atoms with Gasteiger partial charge in [-0.2, -0.15) is 0 Å². The zero-order valence-corrected chi connectivity index (χ0v) is 9.86. The van der Waals surface area contributed by atoms with Crippen LogP contribution in [-0.4, -0.2) is 14.3 Å². The molecule has 0 aliphatic carbocycles. The van der Waals surface area contributed by atoms with Crippen LogP contribution in [0.2, 0.25) is 18.6 Å². The summed E-state index contributed by atoms with van der Waals surface area (Å²) in [6.07, 6.45) is 1.24. The first-order valence-electron chi connectivity index (χ1n) is 4.67. The molecule has 1 nitrogen and oxygen atoms in total. The summed E-state index contributed by atoms with van der Waals surface area (Å²) in [6, 6.07) is 0.694. The van der Waals surface area contributed by atoms with E-state index in [1.54, 1.807) is 0 Å². The highest BCUT2D eigenvalue weighted by atomic mass is 28.3. The normalized spacial score (nSPS) is 15.5. The molecule has 2 heteroatoms. The maximum atomic E-state index is 3.74. The molecule has 1 N–H and O–H groups in total. The Kier molecular flexibility index (Phi) is 4.33. The summed E-state index contributed by atoms with van der Waals surface area (Å²) in [7, 11) is -1.11. The van der Waals surface area contributed by atoms with Crippen LogP contribution in [0, 0.1) is 0 Å². The zero-order chi connectivity index (χ0) is 9.07. The molecule has 11 heavy (non-hydrogen) atoms. The van der Waals surface area contributed by atoms with Crippen LogP contribution in [0.4, 0.5) is 0 Å². The summed E-state index contributed by atoms with van der Waals surface area (Å²) in [5.41, 5.74) is 0.830. The molecule has 0 aliphatic heterocycles. The lowest BCUT2D eigenvalue weighted by molar-refractivity contribution is 0.633. The van der Waals surface area contributed by atoms with E-state index in [-0.39, 0.29) is 0 Å². The summed E-state index contributed by atoms with van der Waals surface area (Å²) >= 11 is 0. The Labute approximate surface area is 72.7 Å². The van der Waals surface area contributed by atoms with E-state index in [1.807, 2.05) is 0 Å². The molecule has 0 amide bonds. The van der Waals surface area contributed by atoms with E-state index in [9.17, 15) is 0 Å². The molecule has 1 atom stereocenters. The Balaban J connectivity index is 3.90. The Hall–Kier alpha value is 0.177. The smallest absolute Gasteiger partial charge is 0.122 e. The lowest BCUT2D eigenvalue weighted by Crippen LogP contribution is -2.51. The molecule has 0 aromatic rings. The number of hydrogen-bond acceptors (Lipinski definition) is 1. The van der Waals surface area contributed by atoms with E-state index >= 15 is 0 Å². The van der Waals surface area contributed by atoms with E-state index in [2.05, 4.69) is 45.8 Å². The van der Waals surface area contributed by atoms with Crippen molar-refractivity contribution in [1.82, 2.24) is 4.98 Å². The van der Waals surface area contributed by atoms with E-state index in [4.69, 9.17) is 0 Å². The molecule has 0 radical (unpaired) electrons. The monoisotopic (exact) mass is 173 g/mol. The van der Waals surface area contributed by atoms with Gasteiger partial charge in [0.1, 0.15) is 8.24 Å². The summed E-state index contributed by atoms with van der Waals surface area (Å²) < 4.78 is 0. The van der Waals surface area contributed by atoms with Crippen molar-refractivity contribution in [3.8, 4) is 0 Å². The summed E-state index contributed by atoms with van der Waals surface area (Å²) in [6.45, 7) is 14.0. The standard InChI is InChI=1S/C9H23NSi/c1-7-9(4)10-11(5,6)8(2)3/h8-10H,7H2,1-6H3. The van der Waals surface area contributed by atoms with Crippen LogP contribution < -0.4 is 4.98 Å². The molecule has 0 aromatic carbocycles. The molecule has 0 spiro atoms. The fourth-order valence-corrected chi connectivity index (χ4v) is 2.71. The van der Waals surface area contributed by atoms with Gasteiger partial charge in [0.25, 0.3) is 0 Å². The van der Waals surface area contributed by atoms with Crippen molar-refractivity contribution in [3.63, 3.8) is 0 Å². The van der Waals surface area contributed by atoms with Crippen LogP contribution in [0.1, 0.15) is 34.1 Å². The molecule has 1 unspecified atom stereocenters. The topological polar surface area (TPSA) is 12.0 Å². The Morgan fingerprint density at radius 3 is 1.91 bits per heavy atom. The predicted octanol–water partition coefficient (Wildman–Crippen LogP) is 2.99. The van der Waals surface area contributed by atoms with E-state index in [1.165, 1.54) is 6.42 Å². The van der Waals surface area contributed by atoms with Crippen molar-refractivity contribution >= 4 is 8.24 Å². The third-order valence-corrected chi connectivity index (χ3v) is 6.80. The second kappa shape index (κ2) is 4.26. The van der Waals surface area contributed by atoms with Gasteiger partial charge in [-0.05, 0) is 18.0 Å². The van der Waals surface area contributed by atoms with Crippen molar-refractivity contribution in [3.05, 3.63) is 0 Å². The minimum Gasteiger partial charge on any atom is -0.335 e. The number of hydrogen-bond donors (Lipinski definition) is 1. The van der Waals surface area contributed by atoms with Crippen LogP contribution in [0.5, 0.6) is 0 Å². The SMILES string of the molecule is CCC(C)N[Si](C)(C)C(C)C. The first-order valence-corrected chi connectivity index (χ1v) is 7.75. The van der Waals surface area contributed by atoms with Gasteiger partial charge in [0.05, 0.1) is 0 Å². The number of rotatable bonds is 4. The largest absolute Gasteiger partial charge is 0.335 e. The van der Waals surface area contributed by atoms with E-state index in [0.717, 1.165) is 5.54 Å². The van der Waals surface area contributed by atoms with Gasteiger partial charge in [-0.25, -0.2) is 0 Å². The Morgan fingerprint density at radius 2 is 1.64 bits per heavy atom. The van der Waals surface area contributed by atoms with E-state index in [0.29, 0.717) is 6.04 Å².